The van der Waals surface area contributed by atoms with Crippen LogP contribution in [0.1, 0.15) is 53.7 Å². The number of anilines is 1. The average Bonchev–Trinajstić information content (AvgIpc) is 3.08. The van der Waals surface area contributed by atoms with E-state index in [1.54, 1.807) is 34.6 Å². The van der Waals surface area contributed by atoms with E-state index in [9.17, 15) is 14.2 Å². The first-order valence-corrected chi connectivity index (χ1v) is 11.5. The standard InChI is InChI=1S/C18H29N4O7P/c1-6-26-30(25,27-7-2)11-9-13-12-15(29-21-13)22-10-8-14(19-16(22)23)20-17(24)28-18(3,4)5/h8,10,15H,6-7,9,11-12H2,1-5H3,(H,19,20,23,24). The Morgan fingerprint density at radius 1 is 1.33 bits per heavy atom. The first-order valence-electron chi connectivity index (χ1n) is 9.74. The SMILES string of the molecule is CCOP(=O)(CCC1=NOC(n2ccc(NC(=O)OC(C)(C)C)nc2=O)C1)OCC. The van der Waals surface area contributed by atoms with Crippen molar-refractivity contribution in [2.24, 2.45) is 5.16 Å². The molecule has 1 aromatic rings. The number of oxime groups is 1. The number of aromatic nitrogens is 2. The second-order valence-corrected chi connectivity index (χ2v) is 9.66. The Morgan fingerprint density at radius 3 is 2.57 bits per heavy atom. The highest BCUT2D eigenvalue weighted by molar-refractivity contribution is 7.53. The van der Waals surface area contributed by atoms with Gasteiger partial charge in [0.15, 0.2) is 0 Å². The zero-order valence-corrected chi connectivity index (χ0v) is 18.8. The molecule has 1 aromatic heterocycles. The Balaban J connectivity index is 1.95. The minimum absolute atomic E-state index is 0.0685. The van der Waals surface area contributed by atoms with Crippen molar-refractivity contribution in [3.05, 3.63) is 22.7 Å². The van der Waals surface area contributed by atoms with Crippen LogP contribution in [0.5, 0.6) is 0 Å². The van der Waals surface area contributed by atoms with Gasteiger partial charge in [-0.1, -0.05) is 5.16 Å². The lowest BCUT2D eigenvalue weighted by Gasteiger charge is -2.19. The number of carbonyl (C=O) groups is 1. The highest BCUT2D eigenvalue weighted by Gasteiger charge is 2.29. The van der Waals surface area contributed by atoms with Gasteiger partial charge in [0.2, 0.25) is 6.23 Å². The van der Waals surface area contributed by atoms with E-state index in [1.165, 1.54) is 16.8 Å². The Hall–Kier alpha value is -2.23. The molecule has 1 aliphatic rings. The van der Waals surface area contributed by atoms with Crippen molar-refractivity contribution in [2.75, 3.05) is 24.7 Å². The third kappa shape index (κ3) is 7.23. The Bertz CT molecular complexity index is 868. The molecule has 0 fully saturated rings. The molecule has 12 heteroatoms. The molecule has 0 radical (unpaired) electrons. The normalized spacial score (nSPS) is 16.7. The molecule has 0 spiro atoms. The zero-order valence-electron chi connectivity index (χ0n) is 17.9. The third-order valence-corrected chi connectivity index (χ3v) is 5.88. The largest absolute Gasteiger partial charge is 0.444 e. The van der Waals surface area contributed by atoms with Crippen LogP contribution < -0.4 is 11.0 Å². The highest BCUT2D eigenvalue weighted by atomic mass is 31.2. The second kappa shape index (κ2) is 10.2. The lowest BCUT2D eigenvalue weighted by Crippen LogP contribution is -2.30. The van der Waals surface area contributed by atoms with Crippen LogP contribution in [0.3, 0.4) is 0 Å². The topological polar surface area (TPSA) is 130 Å². The van der Waals surface area contributed by atoms with Gasteiger partial charge in [-0.3, -0.25) is 14.4 Å². The predicted octanol–water partition coefficient (Wildman–Crippen LogP) is 3.52. The van der Waals surface area contributed by atoms with Crippen LogP contribution in [0.2, 0.25) is 0 Å². The average molecular weight is 444 g/mol. The molecule has 0 aliphatic carbocycles. The molecule has 30 heavy (non-hydrogen) atoms. The van der Waals surface area contributed by atoms with Crippen LogP contribution in [0.4, 0.5) is 10.6 Å². The summed E-state index contributed by atoms with van der Waals surface area (Å²) in [5.74, 6) is 0.0685. The quantitative estimate of drug-likeness (QED) is 0.573. The Kier molecular flexibility index (Phi) is 8.17. The van der Waals surface area contributed by atoms with E-state index < -0.39 is 31.2 Å². The van der Waals surface area contributed by atoms with Gasteiger partial charge in [0.1, 0.15) is 11.4 Å². The smallest absolute Gasteiger partial charge is 0.413 e. The van der Waals surface area contributed by atoms with Gasteiger partial charge in [-0.15, -0.1) is 0 Å². The number of hydrogen-bond donors (Lipinski definition) is 1. The molecular weight excluding hydrogens is 415 g/mol. The number of nitrogens with one attached hydrogen (secondary N) is 1. The summed E-state index contributed by atoms with van der Waals surface area (Å²) in [6.45, 7) is 9.26. The molecule has 1 amide bonds. The molecule has 0 saturated carbocycles. The fourth-order valence-electron chi connectivity index (χ4n) is 2.64. The summed E-state index contributed by atoms with van der Waals surface area (Å²) in [6.07, 6.45) is 0.941. The molecular formula is C18H29N4O7P. The van der Waals surface area contributed by atoms with Gasteiger partial charge in [0.25, 0.3) is 0 Å². The minimum atomic E-state index is -3.18. The molecule has 1 aliphatic heterocycles. The summed E-state index contributed by atoms with van der Waals surface area (Å²) in [5, 5.41) is 6.39. The van der Waals surface area contributed by atoms with E-state index in [2.05, 4.69) is 15.5 Å². The molecule has 1 atom stereocenters. The fourth-order valence-corrected chi connectivity index (χ4v) is 4.30. The van der Waals surface area contributed by atoms with Gasteiger partial charge in [-0.25, -0.2) is 9.59 Å². The van der Waals surface area contributed by atoms with Crippen molar-refractivity contribution >= 4 is 25.2 Å². The van der Waals surface area contributed by atoms with Crippen LogP contribution >= 0.6 is 7.60 Å². The molecule has 1 unspecified atom stereocenters. The maximum absolute atomic E-state index is 12.5. The van der Waals surface area contributed by atoms with Crippen LogP contribution in [0.15, 0.2) is 22.2 Å². The summed E-state index contributed by atoms with van der Waals surface area (Å²) >= 11 is 0. The number of nitrogens with zero attached hydrogens (tertiary/aromatic N) is 3. The number of ether oxygens (including phenoxy) is 1. The number of hydrogen-bond acceptors (Lipinski definition) is 9. The van der Waals surface area contributed by atoms with Gasteiger partial charge >= 0.3 is 19.4 Å². The molecule has 0 bridgehead atoms. The number of rotatable bonds is 9. The van der Waals surface area contributed by atoms with Gasteiger partial charge in [0, 0.05) is 19.0 Å². The summed E-state index contributed by atoms with van der Waals surface area (Å²) in [7, 11) is -3.18. The molecule has 2 rings (SSSR count). The van der Waals surface area contributed by atoms with E-state index in [0.717, 1.165) is 0 Å². The van der Waals surface area contributed by atoms with Gasteiger partial charge in [-0.2, -0.15) is 4.98 Å². The zero-order chi connectivity index (χ0) is 22.4. The van der Waals surface area contributed by atoms with E-state index in [4.69, 9.17) is 18.6 Å². The van der Waals surface area contributed by atoms with Crippen LogP contribution in [0.25, 0.3) is 0 Å². The summed E-state index contributed by atoms with van der Waals surface area (Å²) in [5.41, 5.74) is -0.638. The third-order valence-electron chi connectivity index (χ3n) is 3.81. The maximum Gasteiger partial charge on any atom is 0.413 e. The van der Waals surface area contributed by atoms with E-state index in [-0.39, 0.29) is 25.2 Å². The van der Waals surface area contributed by atoms with Crippen molar-refractivity contribution in [3.63, 3.8) is 0 Å². The predicted molar refractivity (Wildman–Crippen MR) is 111 cm³/mol. The first kappa shape index (κ1) is 24.0. The highest BCUT2D eigenvalue weighted by Crippen LogP contribution is 2.48. The Morgan fingerprint density at radius 2 is 2.00 bits per heavy atom. The van der Waals surface area contributed by atoms with Gasteiger partial charge in [-0.05, 0) is 40.7 Å². The van der Waals surface area contributed by atoms with Crippen LogP contribution in [-0.2, 0) is 23.2 Å². The maximum atomic E-state index is 12.5. The molecule has 1 N–H and O–H groups in total. The first-order chi connectivity index (χ1) is 14.0. The van der Waals surface area contributed by atoms with Crippen LogP contribution in [0, 0.1) is 0 Å². The monoisotopic (exact) mass is 444 g/mol. The number of amides is 1. The lowest BCUT2D eigenvalue weighted by molar-refractivity contribution is 0.0287. The van der Waals surface area contributed by atoms with Crippen molar-refractivity contribution in [2.45, 2.75) is 59.3 Å². The molecule has 11 nitrogen and oxygen atoms in total. The molecule has 2 heterocycles. The van der Waals surface area contributed by atoms with Crippen molar-refractivity contribution < 1.29 is 28.0 Å². The van der Waals surface area contributed by atoms with Crippen molar-refractivity contribution in [1.82, 2.24) is 9.55 Å². The summed E-state index contributed by atoms with van der Waals surface area (Å²) in [6, 6.07) is 1.46. The number of carbonyl (C=O) groups excluding carboxylic acids is 1. The van der Waals surface area contributed by atoms with E-state index in [0.29, 0.717) is 18.6 Å². The molecule has 0 saturated heterocycles. The minimum Gasteiger partial charge on any atom is -0.444 e. The fraction of sp³-hybridized carbons (Fsp3) is 0.667. The molecule has 168 valence electrons. The van der Waals surface area contributed by atoms with Crippen molar-refractivity contribution in [3.8, 4) is 0 Å². The summed E-state index contributed by atoms with van der Waals surface area (Å²) in [4.78, 5) is 33.3. The van der Waals surface area contributed by atoms with Gasteiger partial charge < -0.3 is 18.6 Å². The lowest BCUT2D eigenvalue weighted by atomic mass is 10.2. The van der Waals surface area contributed by atoms with E-state index >= 15 is 0 Å². The van der Waals surface area contributed by atoms with Crippen molar-refractivity contribution in [1.29, 1.82) is 0 Å². The van der Waals surface area contributed by atoms with Gasteiger partial charge in [0.05, 0.1) is 25.1 Å². The van der Waals surface area contributed by atoms with Crippen LogP contribution in [-0.4, -0.2) is 46.3 Å². The van der Waals surface area contributed by atoms with E-state index in [1.807, 2.05) is 0 Å². The molecule has 0 aromatic carbocycles. The summed E-state index contributed by atoms with van der Waals surface area (Å²) < 4.78 is 29.5. The Labute approximate surface area is 175 Å². The second-order valence-electron chi connectivity index (χ2n) is 7.47.